The predicted molar refractivity (Wildman–Crippen MR) is 58.3 cm³/mol. The largest absolute Gasteiger partial charge is 0.384 e. The van der Waals surface area contributed by atoms with Crippen molar-refractivity contribution >= 4 is 5.96 Å². The van der Waals surface area contributed by atoms with Crippen molar-refractivity contribution in [3.05, 3.63) is 0 Å². The quantitative estimate of drug-likeness (QED) is 0.537. The Balaban J connectivity index is 2.43. The van der Waals surface area contributed by atoms with Crippen LogP contribution in [0.4, 0.5) is 0 Å². The van der Waals surface area contributed by atoms with Crippen LogP contribution in [0.3, 0.4) is 0 Å². The lowest BCUT2D eigenvalue weighted by molar-refractivity contribution is 0.115. The van der Waals surface area contributed by atoms with E-state index < -0.39 is 0 Å². The highest BCUT2D eigenvalue weighted by atomic mass is 16.5. The number of likely N-dealkylation sites (tertiary alicyclic amines) is 1. The fourth-order valence-electron chi connectivity index (χ4n) is 1.91. The van der Waals surface area contributed by atoms with E-state index in [1.165, 1.54) is 12.8 Å². The van der Waals surface area contributed by atoms with Gasteiger partial charge in [0.2, 0.25) is 0 Å². The number of ether oxygens (including phenoxy) is 1. The average molecular weight is 199 g/mol. The van der Waals surface area contributed by atoms with Gasteiger partial charge < -0.3 is 15.4 Å². The van der Waals surface area contributed by atoms with Crippen LogP contribution in [0.1, 0.15) is 19.8 Å². The van der Waals surface area contributed by atoms with Gasteiger partial charge in [-0.2, -0.15) is 0 Å². The minimum atomic E-state index is 0.611. The molecule has 1 unspecified atom stereocenters. The molecule has 4 nitrogen and oxygen atoms in total. The molecule has 1 heterocycles. The van der Waals surface area contributed by atoms with Gasteiger partial charge in [-0.25, -0.2) is 0 Å². The van der Waals surface area contributed by atoms with Gasteiger partial charge in [0.05, 0.1) is 6.61 Å². The van der Waals surface area contributed by atoms with Gasteiger partial charge in [0.15, 0.2) is 5.96 Å². The second kappa shape index (κ2) is 5.86. The van der Waals surface area contributed by atoms with Crippen LogP contribution in [0.25, 0.3) is 0 Å². The molecule has 0 aromatic rings. The van der Waals surface area contributed by atoms with Gasteiger partial charge in [0, 0.05) is 26.7 Å². The van der Waals surface area contributed by atoms with Crippen LogP contribution in [-0.2, 0) is 4.74 Å². The number of guanidine groups is 1. The average Bonchev–Trinajstić information content (AvgIpc) is 2.19. The molecule has 0 bridgehead atoms. The highest BCUT2D eigenvalue weighted by Gasteiger charge is 2.20. The zero-order valence-corrected chi connectivity index (χ0v) is 9.20. The molecule has 0 aromatic carbocycles. The molecule has 0 saturated carbocycles. The Kier molecular flexibility index (Phi) is 4.73. The van der Waals surface area contributed by atoms with Crippen LogP contribution < -0.4 is 5.73 Å². The van der Waals surface area contributed by atoms with Gasteiger partial charge in [0.25, 0.3) is 0 Å². The van der Waals surface area contributed by atoms with Crippen LogP contribution in [0, 0.1) is 5.92 Å². The third-order valence-electron chi connectivity index (χ3n) is 2.57. The van der Waals surface area contributed by atoms with E-state index in [0.29, 0.717) is 11.9 Å². The Morgan fingerprint density at radius 2 is 2.43 bits per heavy atom. The Hall–Kier alpha value is -0.770. The van der Waals surface area contributed by atoms with Crippen LogP contribution in [0.5, 0.6) is 0 Å². The van der Waals surface area contributed by atoms with Crippen molar-refractivity contribution in [1.29, 1.82) is 0 Å². The minimum absolute atomic E-state index is 0.611. The van der Waals surface area contributed by atoms with Crippen LogP contribution in [0.2, 0.25) is 0 Å². The summed E-state index contributed by atoms with van der Waals surface area (Å²) in [7, 11) is 1.75. The molecule has 0 spiro atoms. The van der Waals surface area contributed by atoms with Gasteiger partial charge >= 0.3 is 0 Å². The lowest BCUT2D eigenvalue weighted by Crippen LogP contribution is -2.45. The number of methoxy groups -OCH3 is 1. The first-order valence-electron chi connectivity index (χ1n) is 5.31. The van der Waals surface area contributed by atoms with E-state index in [9.17, 15) is 0 Å². The van der Waals surface area contributed by atoms with E-state index in [2.05, 4.69) is 9.89 Å². The number of hydrogen-bond acceptors (Lipinski definition) is 2. The molecule has 1 rings (SSSR count). The van der Waals surface area contributed by atoms with Gasteiger partial charge in [0.1, 0.15) is 0 Å². The lowest BCUT2D eigenvalue weighted by atomic mass is 9.99. The molecule has 0 aliphatic carbocycles. The van der Waals surface area contributed by atoms with Crippen LogP contribution in [-0.4, -0.2) is 44.2 Å². The summed E-state index contributed by atoms with van der Waals surface area (Å²) in [5.41, 5.74) is 5.85. The molecule has 1 aliphatic heterocycles. The number of nitrogens with zero attached hydrogens (tertiary/aromatic N) is 2. The maximum atomic E-state index is 5.85. The molecule has 1 fully saturated rings. The number of nitrogens with two attached hydrogens (primary N) is 1. The Bertz CT molecular complexity index is 192. The Morgan fingerprint density at radius 1 is 1.64 bits per heavy atom. The molecule has 0 aromatic heterocycles. The van der Waals surface area contributed by atoms with Crippen molar-refractivity contribution in [2.45, 2.75) is 19.8 Å². The molecule has 1 saturated heterocycles. The maximum absolute atomic E-state index is 5.85. The summed E-state index contributed by atoms with van der Waals surface area (Å²) >= 11 is 0. The SMILES string of the molecule is CCN=C(N)N1CCCC(COC)C1. The first-order valence-corrected chi connectivity index (χ1v) is 5.31. The van der Waals surface area contributed by atoms with E-state index in [1.807, 2.05) is 6.92 Å². The monoisotopic (exact) mass is 199 g/mol. The molecular formula is C10H21N3O. The highest BCUT2D eigenvalue weighted by molar-refractivity contribution is 5.78. The van der Waals surface area contributed by atoms with E-state index in [1.54, 1.807) is 7.11 Å². The summed E-state index contributed by atoms with van der Waals surface area (Å²) in [6.07, 6.45) is 2.43. The number of rotatable bonds is 3. The smallest absolute Gasteiger partial charge is 0.191 e. The fourth-order valence-corrected chi connectivity index (χ4v) is 1.91. The first kappa shape index (κ1) is 11.3. The molecule has 0 amide bonds. The normalized spacial score (nSPS) is 24.0. The van der Waals surface area contributed by atoms with Crippen molar-refractivity contribution < 1.29 is 4.74 Å². The minimum Gasteiger partial charge on any atom is -0.384 e. The molecule has 82 valence electrons. The van der Waals surface area contributed by atoms with Crippen LogP contribution in [0.15, 0.2) is 4.99 Å². The zero-order valence-electron chi connectivity index (χ0n) is 9.20. The molecule has 1 atom stereocenters. The highest BCUT2D eigenvalue weighted by Crippen LogP contribution is 2.16. The molecule has 4 heteroatoms. The molecule has 2 N–H and O–H groups in total. The van der Waals surface area contributed by atoms with Crippen molar-refractivity contribution in [1.82, 2.24) is 4.90 Å². The summed E-state index contributed by atoms with van der Waals surface area (Å²) in [6.45, 7) is 5.62. The number of piperidine rings is 1. The zero-order chi connectivity index (χ0) is 10.4. The van der Waals surface area contributed by atoms with E-state index in [-0.39, 0.29) is 0 Å². The van der Waals surface area contributed by atoms with Crippen molar-refractivity contribution in [2.24, 2.45) is 16.6 Å². The molecule has 1 aliphatic rings. The van der Waals surface area contributed by atoms with E-state index >= 15 is 0 Å². The van der Waals surface area contributed by atoms with Gasteiger partial charge in [-0.3, -0.25) is 4.99 Å². The topological polar surface area (TPSA) is 50.8 Å². The van der Waals surface area contributed by atoms with Crippen molar-refractivity contribution in [3.8, 4) is 0 Å². The van der Waals surface area contributed by atoms with Gasteiger partial charge in [-0.05, 0) is 25.7 Å². The summed E-state index contributed by atoms with van der Waals surface area (Å²) in [5, 5.41) is 0. The van der Waals surface area contributed by atoms with Crippen molar-refractivity contribution in [3.63, 3.8) is 0 Å². The second-order valence-electron chi connectivity index (χ2n) is 3.74. The van der Waals surface area contributed by atoms with Gasteiger partial charge in [-0.1, -0.05) is 0 Å². The standard InChI is InChI=1S/C10H21N3O/c1-3-12-10(11)13-6-4-5-9(7-13)8-14-2/h9H,3-8H2,1-2H3,(H2,11,12). The van der Waals surface area contributed by atoms with E-state index in [0.717, 1.165) is 26.2 Å². The van der Waals surface area contributed by atoms with Crippen LogP contribution >= 0.6 is 0 Å². The third-order valence-corrected chi connectivity index (χ3v) is 2.57. The van der Waals surface area contributed by atoms with Gasteiger partial charge in [-0.15, -0.1) is 0 Å². The summed E-state index contributed by atoms with van der Waals surface area (Å²) in [5.74, 6) is 1.30. The predicted octanol–water partition coefficient (Wildman–Crippen LogP) is 0.679. The maximum Gasteiger partial charge on any atom is 0.191 e. The molecule has 0 radical (unpaired) electrons. The summed E-state index contributed by atoms with van der Waals surface area (Å²) < 4.78 is 5.16. The lowest BCUT2D eigenvalue weighted by Gasteiger charge is -2.33. The summed E-state index contributed by atoms with van der Waals surface area (Å²) in [4.78, 5) is 6.39. The number of hydrogen-bond donors (Lipinski definition) is 1. The Morgan fingerprint density at radius 3 is 3.07 bits per heavy atom. The first-order chi connectivity index (χ1) is 6.77. The third kappa shape index (κ3) is 3.18. The Labute approximate surface area is 86.1 Å². The second-order valence-corrected chi connectivity index (χ2v) is 3.74. The fraction of sp³-hybridized carbons (Fsp3) is 0.900. The summed E-state index contributed by atoms with van der Waals surface area (Å²) in [6, 6.07) is 0. The molecule has 14 heavy (non-hydrogen) atoms. The molecular weight excluding hydrogens is 178 g/mol. The number of aliphatic imine (C=N–C) groups is 1. The van der Waals surface area contributed by atoms with Crippen molar-refractivity contribution in [2.75, 3.05) is 33.4 Å². The van der Waals surface area contributed by atoms with E-state index in [4.69, 9.17) is 10.5 Å².